The number of aryl methyl sites for hydroxylation is 1. The van der Waals surface area contributed by atoms with E-state index >= 15 is 0 Å². The van der Waals surface area contributed by atoms with Gasteiger partial charge in [0.15, 0.2) is 0 Å². The number of carbonyl (C=O) groups excluding carboxylic acids is 1. The van der Waals surface area contributed by atoms with Gasteiger partial charge in [-0.15, -0.1) is 0 Å². The number of nitrogens with one attached hydrogen (secondary N) is 1. The Hall–Kier alpha value is -4.25. The molecule has 0 saturated heterocycles. The van der Waals surface area contributed by atoms with Gasteiger partial charge in [0.05, 0.1) is 22.4 Å². The van der Waals surface area contributed by atoms with Crippen molar-refractivity contribution in [2.45, 2.75) is 13.5 Å². The van der Waals surface area contributed by atoms with Crippen molar-refractivity contribution in [3.8, 4) is 5.75 Å². The van der Waals surface area contributed by atoms with Crippen LogP contribution in [0.5, 0.6) is 5.75 Å². The highest BCUT2D eigenvalue weighted by Crippen LogP contribution is 2.23. The molecule has 32 heavy (non-hydrogen) atoms. The summed E-state index contributed by atoms with van der Waals surface area (Å²) >= 11 is 0. The summed E-state index contributed by atoms with van der Waals surface area (Å²) in [6, 6.07) is 28.7. The van der Waals surface area contributed by atoms with Gasteiger partial charge in [0.1, 0.15) is 12.4 Å². The molecule has 1 N–H and O–H groups in total. The number of pyridine rings is 2. The second kappa shape index (κ2) is 8.47. The van der Waals surface area contributed by atoms with Gasteiger partial charge in [-0.05, 0) is 67.6 Å². The van der Waals surface area contributed by atoms with Crippen LogP contribution in [0.2, 0.25) is 0 Å². The summed E-state index contributed by atoms with van der Waals surface area (Å²) in [5.74, 6) is 0.502. The molecule has 5 rings (SSSR count). The summed E-state index contributed by atoms with van der Waals surface area (Å²) in [4.78, 5) is 21.9. The van der Waals surface area contributed by atoms with Gasteiger partial charge in [-0.2, -0.15) is 0 Å². The Morgan fingerprint density at radius 3 is 2.50 bits per heavy atom. The zero-order valence-electron chi connectivity index (χ0n) is 17.6. The van der Waals surface area contributed by atoms with Gasteiger partial charge in [0.2, 0.25) is 0 Å². The van der Waals surface area contributed by atoms with Gasteiger partial charge >= 0.3 is 0 Å². The van der Waals surface area contributed by atoms with E-state index in [-0.39, 0.29) is 5.91 Å². The van der Waals surface area contributed by atoms with E-state index in [9.17, 15) is 4.79 Å². The van der Waals surface area contributed by atoms with Crippen molar-refractivity contribution < 1.29 is 9.53 Å². The molecule has 3 aromatic carbocycles. The minimum Gasteiger partial charge on any atom is -0.487 e. The summed E-state index contributed by atoms with van der Waals surface area (Å²) < 4.78 is 5.86. The third kappa shape index (κ3) is 4.14. The number of para-hydroxylation sites is 1. The molecule has 0 unspecified atom stereocenters. The van der Waals surface area contributed by atoms with Crippen LogP contribution >= 0.6 is 0 Å². The van der Waals surface area contributed by atoms with E-state index in [1.54, 1.807) is 24.3 Å². The number of benzene rings is 3. The van der Waals surface area contributed by atoms with E-state index < -0.39 is 0 Å². The molecule has 156 valence electrons. The maximum Gasteiger partial charge on any atom is 0.255 e. The van der Waals surface area contributed by atoms with Crippen LogP contribution in [-0.2, 0) is 6.61 Å². The fraction of sp³-hybridized carbons (Fsp3) is 0.0741. The highest BCUT2D eigenvalue weighted by atomic mass is 16.5. The zero-order chi connectivity index (χ0) is 21.9. The van der Waals surface area contributed by atoms with Crippen molar-refractivity contribution in [1.29, 1.82) is 0 Å². The molecule has 0 aliphatic carbocycles. The lowest BCUT2D eigenvalue weighted by Crippen LogP contribution is -2.12. The Labute approximate surface area is 185 Å². The fourth-order valence-corrected chi connectivity index (χ4v) is 3.61. The third-order valence-corrected chi connectivity index (χ3v) is 5.28. The molecule has 0 bridgehead atoms. The van der Waals surface area contributed by atoms with Gasteiger partial charge < -0.3 is 10.1 Å². The Kier molecular flexibility index (Phi) is 5.22. The molecule has 2 aromatic heterocycles. The summed E-state index contributed by atoms with van der Waals surface area (Å²) in [5, 5.41) is 5.00. The van der Waals surface area contributed by atoms with E-state index in [1.165, 1.54) is 0 Å². The smallest absolute Gasteiger partial charge is 0.255 e. The molecule has 5 heteroatoms. The highest BCUT2D eigenvalue weighted by molar-refractivity contribution is 6.08. The highest BCUT2D eigenvalue weighted by Gasteiger charge is 2.09. The van der Waals surface area contributed by atoms with E-state index in [1.807, 2.05) is 73.7 Å². The summed E-state index contributed by atoms with van der Waals surface area (Å²) in [6.07, 6.45) is 0. The molecule has 0 aliphatic rings. The van der Waals surface area contributed by atoms with Crippen LogP contribution in [0.1, 0.15) is 21.7 Å². The first-order valence-electron chi connectivity index (χ1n) is 10.4. The predicted molar refractivity (Wildman–Crippen MR) is 127 cm³/mol. The Bertz CT molecular complexity index is 1430. The Morgan fingerprint density at radius 1 is 0.812 bits per heavy atom. The van der Waals surface area contributed by atoms with E-state index in [0.717, 1.165) is 38.9 Å². The van der Waals surface area contributed by atoms with Crippen LogP contribution in [-0.4, -0.2) is 15.9 Å². The molecule has 0 fully saturated rings. The Balaban J connectivity index is 1.26. The zero-order valence-corrected chi connectivity index (χ0v) is 17.6. The third-order valence-electron chi connectivity index (χ3n) is 5.28. The first-order chi connectivity index (χ1) is 15.7. The van der Waals surface area contributed by atoms with Crippen LogP contribution in [0, 0.1) is 6.92 Å². The van der Waals surface area contributed by atoms with Gasteiger partial charge in [0, 0.05) is 22.0 Å². The van der Waals surface area contributed by atoms with Crippen LogP contribution in [0.15, 0.2) is 91.0 Å². The summed E-state index contributed by atoms with van der Waals surface area (Å²) in [5.41, 5.74) is 4.88. The van der Waals surface area contributed by atoms with Crippen LogP contribution in [0.4, 0.5) is 5.69 Å². The van der Waals surface area contributed by atoms with E-state index in [2.05, 4.69) is 15.3 Å². The number of rotatable bonds is 5. The molecular weight excluding hydrogens is 398 g/mol. The lowest BCUT2D eigenvalue weighted by Gasteiger charge is -2.10. The van der Waals surface area contributed by atoms with Crippen molar-refractivity contribution in [2.24, 2.45) is 0 Å². The van der Waals surface area contributed by atoms with Crippen molar-refractivity contribution >= 4 is 33.4 Å². The maximum atomic E-state index is 12.8. The molecule has 1 amide bonds. The van der Waals surface area contributed by atoms with Gasteiger partial charge in [-0.1, -0.05) is 30.3 Å². The molecule has 0 spiro atoms. The molecule has 0 aliphatic heterocycles. The number of fused-ring (bicyclic) bond motifs is 2. The number of anilines is 1. The van der Waals surface area contributed by atoms with E-state index in [0.29, 0.717) is 17.9 Å². The monoisotopic (exact) mass is 419 g/mol. The van der Waals surface area contributed by atoms with Crippen LogP contribution < -0.4 is 10.1 Å². The average Bonchev–Trinajstić information content (AvgIpc) is 2.83. The van der Waals surface area contributed by atoms with Crippen molar-refractivity contribution in [3.05, 3.63) is 108 Å². The minimum atomic E-state index is -0.180. The van der Waals surface area contributed by atoms with Crippen LogP contribution in [0.25, 0.3) is 21.8 Å². The molecule has 5 nitrogen and oxygen atoms in total. The molecule has 0 atom stereocenters. The standard InChI is InChI=1S/C27H21N3O2/c1-18-9-16-23-25(28-18)7-4-8-26(23)30-27(31)20-11-14-22(15-12-20)32-17-21-13-10-19-5-2-3-6-24(19)29-21/h2-16H,17H2,1H3,(H,30,31). The number of nitrogens with zero attached hydrogens (tertiary/aromatic N) is 2. The maximum absolute atomic E-state index is 12.8. The van der Waals surface area contributed by atoms with E-state index in [4.69, 9.17) is 4.74 Å². The molecular formula is C27H21N3O2. The van der Waals surface area contributed by atoms with Crippen molar-refractivity contribution in [3.63, 3.8) is 0 Å². The molecule has 5 aromatic rings. The summed E-state index contributed by atoms with van der Waals surface area (Å²) in [7, 11) is 0. The average molecular weight is 419 g/mol. The number of hydrogen-bond donors (Lipinski definition) is 1. The molecule has 0 radical (unpaired) electrons. The first kappa shape index (κ1) is 19.7. The number of hydrogen-bond acceptors (Lipinski definition) is 4. The molecule has 0 saturated carbocycles. The fourth-order valence-electron chi connectivity index (χ4n) is 3.61. The van der Waals surface area contributed by atoms with Gasteiger partial charge in [0.25, 0.3) is 5.91 Å². The second-order valence-electron chi connectivity index (χ2n) is 7.59. The van der Waals surface area contributed by atoms with Crippen molar-refractivity contribution in [1.82, 2.24) is 9.97 Å². The number of aromatic nitrogens is 2. The Morgan fingerprint density at radius 2 is 1.62 bits per heavy atom. The predicted octanol–water partition coefficient (Wildman–Crippen LogP) is 5.92. The lowest BCUT2D eigenvalue weighted by molar-refractivity contribution is 0.102. The van der Waals surface area contributed by atoms with Crippen LogP contribution in [0.3, 0.4) is 0 Å². The number of carbonyl (C=O) groups is 1. The minimum absolute atomic E-state index is 0.180. The normalized spacial score (nSPS) is 10.9. The SMILES string of the molecule is Cc1ccc2c(NC(=O)c3ccc(OCc4ccc5ccccc5n4)cc3)cccc2n1. The number of amides is 1. The van der Waals surface area contributed by atoms with Gasteiger partial charge in [-0.25, -0.2) is 4.98 Å². The molecule has 2 heterocycles. The number of ether oxygens (including phenoxy) is 1. The lowest BCUT2D eigenvalue weighted by atomic mass is 10.1. The second-order valence-corrected chi connectivity index (χ2v) is 7.59. The largest absolute Gasteiger partial charge is 0.487 e. The summed E-state index contributed by atoms with van der Waals surface area (Å²) in [6.45, 7) is 2.31. The van der Waals surface area contributed by atoms with Crippen molar-refractivity contribution in [2.75, 3.05) is 5.32 Å². The van der Waals surface area contributed by atoms with Gasteiger partial charge in [-0.3, -0.25) is 9.78 Å². The quantitative estimate of drug-likeness (QED) is 0.384. The first-order valence-corrected chi connectivity index (χ1v) is 10.4. The topological polar surface area (TPSA) is 64.1 Å².